The number of nitro benzene ring substituents is 1. The molecule has 1 aromatic rings. The second-order valence-corrected chi connectivity index (χ2v) is 2.87. The van der Waals surface area contributed by atoms with Crippen LogP contribution in [0.3, 0.4) is 0 Å². The van der Waals surface area contributed by atoms with Crippen LogP contribution < -0.4 is 33.3 Å². The quantitative estimate of drug-likeness (QED) is 0.258. The Morgan fingerprint density at radius 1 is 1.50 bits per heavy atom. The van der Waals surface area contributed by atoms with Crippen LogP contribution in [0.5, 0.6) is 0 Å². The van der Waals surface area contributed by atoms with E-state index < -0.39 is 4.92 Å². The molecule has 0 aromatic heterocycles. The topological polar surface area (TPSA) is 144 Å². The van der Waals surface area contributed by atoms with Gasteiger partial charge in [0.2, 0.25) is 0 Å². The zero-order chi connectivity index (χ0) is 11.7. The molecule has 0 fully saturated rings. The summed E-state index contributed by atoms with van der Waals surface area (Å²) in [5, 5.41) is 11.7. The van der Waals surface area contributed by atoms with Crippen molar-refractivity contribution < 1.29 is 9.86 Å². The number of hydrogen-bond acceptors (Lipinski definition) is 9. The summed E-state index contributed by atoms with van der Waals surface area (Å²) in [5.74, 6) is 10.4. The number of nitrogens with zero attached hydrogens (tertiary/aromatic N) is 2. The van der Waals surface area contributed by atoms with Crippen molar-refractivity contribution in [3.8, 4) is 0 Å². The number of nitrogens with one attached hydrogen (secondary N) is 3. The standard InChI is InChI=1S/C6H9N7O3/c7-9-3-1-2-4(13(14)15)6-5(3)10-16-12(6)11-8/h1-2,9-11H,7-8H2. The maximum atomic E-state index is 10.8. The number of hydrazine groups is 3. The van der Waals surface area contributed by atoms with E-state index in [2.05, 4.69) is 16.4 Å². The van der Waals surface area contributed by atoms with Crippen molar-refractivity contribution in [3.63, 3.8) is 0 Å². The third-order valence-electron chi connectivity index (χ3n) is 2.07. The van der Waals surface area contributed by atoms with Gasteiger partial charge in [0.05, 0.1) is 10.6 Å². The second-order valence-electron chi connectivity index (χ2n) is 2.87. The third kappa shape index (κ3) is 1.38. The van der Waals surface area contributed by atoms with Crippen LogP contribution in [0.15, 0.2) is 12.1 Å². The van der Waals surface area contributed by atoms with E-state index in [1.165, 1.54) is 12.1 Å². The van der Waals surface area contributed by atoms with E-state index in [0.717, 1.165) is 5.17 Å². The van der Waals surface area contributed by atoms with Gasteiger partial charge in [-0.25, -0.2) is 5.48 Å². The predicted molar refractivity (Wildman–Crippen MR) is 55.4 cm³/mol. The summed E-state index contributed by atoms with van der Waals surface area (Å²) in [7, 11) is 0. The van der Waals surface area contributed by atoms with Gasteiger partial charge in [0.1, 0.15) is 5.69 Å². The Kier molecular flexibility index (Phi) is 2.46. The van der Waals surface area contributed by atoms with Crippen LogP contribution in [0.4, 0.5) is 22.7 Å². The average molecular weight is 227 g/mol. The SMILES string of the molecule is NNc1ccc([N+](=O)[O-])c2c1NON2NN. The fraction of sp³-hybridized carbons (Fsp3) is 0. The molecule has 0 aliphatic carbocycles. The number of nitrogens with two attached hydrogens (primary N) is 2. The molecule has 16 heavy (non-hydrogen) atoms. The first-order valence-electron chi connectivity index (χ1n) is 4.16. The van der Waals surface area contributed by atoms with Crippen molar-refractivity contribution in [1.82, 2.24) is 5.53 Å². The van der Waals surface area contributed by atoms with Gasteiger partial charge in [0.25, 0.3) is 5.69 Å². The maximum absolute atomic E-state index is 10.8. The van der Waals surface area contributed by atoms with Crippen LogP contribution in [-0.2, 0) is 4.94 Å². The van der Waals surface area contributed by atoms with Gasteiger partial charge >= 0.3 is 0 Å². The fourth-order valence-electron chi connectivity index (χ4n) is 1.38. The van der Waals surface area contributed by atoms with Gasteiger partial charge < -0.3 is 5.43 Å². The predicted octanol–water partition coefficient (Wildman–Crippen LogP) is -0.663. The number of nitro groups is 1. The summed E-state index contributed by atoms with van der Waals surface area (Å²) in [4.78, 5) is 15.1. The molecule has 0 unspecified atom stereocenters. The summed E-state index contributed by atoms with van der Waals surface area (Å²) in [6.07, 6.45) is 0. The van der Waals surface area contributed by atoms with E-state index in [0.29, 0.717) is 11.4 Å². The van der Waals surface area contributed by atoms with E-state index in [9.17, 15) is 10.1 Å². The Balaban J connectivity index is 2.60. The molecule has 0 saturated heterocycles. The molecule has 10 nitrogen and oxygen atoms in total. The van der Waals surface area contributed by atoms with Gasteiger partial charge in [0.15, 0.2) is 5.69 Å². The highest BCUT2D eigenvalue weighted by atomic mass is 16.8. The minimum Gasteiger partial charge on any atom is -0.322 e. The van der Waals surface area contributed by atoms with Crippen LogP contribution in [0, 0.1) is 10.1 Å². The van der Waals surface area contributed by atoms with Crippen molar-refractivity contribution in [2.45, 2.75) is 0 Å². The second kappa shape index (κ2) is 3.79. The largest absolute Gasteiger partial charge is 0.322 e. The zero-order valence-corrected chi connectivity index (χ0v) is 7.93. The van der Waals surface area contributed by atoms with Crippen molar-refractivity contribution >= 4 is 22.7 Å². The van der Waals surface area contributed by atoms with Gasteiger partial charge in [-0.2, -0.15) is 0 Å². The van der Waals surface area contributed by atoms with Crippen molar-refractivity contribution in [2.75, 3.05) is 16.1 Å². The summed E-state index contributed by atoms with van der Waals surface area (Å²) >= 11 is 0. The molecule has 7 N–H and O–H groups in total. The molecule has 1 aromatic carbocycles. The summed E-state index contributed by atoms with van der Waals surface area (Å²) in [6.45, 7) is 0. The number of anilines is 3. The molecule has 1 aliphatic heterocycles. The Hall–Kier alpha value is -2.14. The number of hydrogen-bond donors (Lipinski definition) is 5. The number of fused-ring (bicyclic) bond motifs is 1. The first-order chi connectivity index (χ1) is 7.69. The van der Waals surface area contributed by atoms with Crippen LogP contribution in [-0.4, -0.2) is 4.92 Å². The molecule has 0 saturated carbocycles. The first kappa shape index (κ1) is 10.4. The Morgan fingerprint density at radius 2 is 2.25 bits per heavy atom. The highest BCUT2D eigenvalue weighted by Crippen LogP contribution is 2.43. The number of rotatable bonds is 3. The lowest BCUT2D eigenvalue weighted by Gasteiger charge is -2.12. The Morgan fingerprint density at radius 3 is 2.81 bits per heavy atom. The normalized spacial score (nSPS) is 13.2. The summed E-state index contributed by atoms with van der Waals surface area (Å²) in [6, 6.07) is 2.74. The van der Waals surface area contributed by atoms with E-state index in [1.54, 1.807) is 0 Å². The van der Waals surface area contributed by atoms with Crippen molar-refractivity contribution in [2.24, 2.45) is 11.7 Å². The van der Waals surface area contributed by atoms with Crippen LogP contribution in [0.1, 0.15) is 0 Å². The lowest BCUT2D eigenvalue weighted by molar-refractivity contribution is -0.384. The number of nitrogen functional groups attached to an aromatic ring is 1. The molecule has 0 amide bonds. The van der Waals surface area contributed by atoms with Gasteiger partial charge in [-0.05, 0) is 6.07 Å². The van der Waals surface area contributed by atoms with E-state index in [1.807, 2.05) is 0 Å². The van der Waals surface area contributed by atoms with Crippen LogP contribution in [0.25, 0.3) is 0 Å². The Labute approximate surface area is 89.1 Å². The minimum atomic E-state index is -0.556. The number of benzene rings is 1. The van der Waals surface area contributed by atoms with Crippen molar-refractivity contribution in [1.29, 1.82) is 0 Å². The first-order valence-corrected chi connectivity index (χ1v) is 4.16. The zero-order valence-electron chi connectivity index (χ0n) is 7.93. The third-order valence-corrected chi connectivity index (χ3v) is 2.07. The molecule has 0 spiro atoms. The van der Waals surface area contributed by atoms with Gasteiger partial charge in [-0.3, -0.25) is 21.8 Å². The molecule has 10 heteroatoms. The van der Waals surface area contributed by atoms with E-state index in [4.69, 9.17) is 16.6 Å². The van der Waals surface area contributed by atoms with E-state index in [-0.39, 0.29) is 11.4 Å². The van der Waals surface area contributed by atoms with Crippen LogP contribution >= 0.6 is 0 Å². The summed E-state index contributed by atoms with van der Waals surface area (Å²) in [5.41, 5.74) is 7.72. The lowest BCUT2D eigenvalue weighted by atomic mass is 10.2. The minimum absolute atomic E-state index is 0.142. The highest BCUT2D eigenvalue weighted by Gasteiger charge is 2.32. The molecule has 2 rings (SSSR count). The molecular weight excluding hydrogens is 218 g/mol. The Bertz CT molecular complexity index is 436. The maximum Gasteiger partial charge on any atom is 0.299 e. The van der Waals surface area contributed by atoms with Crippen LogP contribution in [0.2, 0.25) is 0 Å². The molecular formula is C6H9N7O3. The molecule has 1 heterocycles. The molecule has 86 valence electrons. The molecule has 0 radical (unpaired) electrons. The smallest absolute Gasteiger partial charge is 0.299 e. The molecule has 0 bridgehead atoms. The van der Waals surface area contributed by atoms with Gasteiger partial charge in [-0.1, -0.05) is 0 Å². The van der Waals surface area contributed by atoms with Crippen molar-refractivity contribution in [3.05, 3.63) is 22.2 Å². The molecule has 0 atom stereocenters. The lowest BCUT2D eigenvalue weighted by Crippen LogP contribution is -2.41. The summed E-state index contributed by atoms with van der Waals surface area (Å²) < 4.78 is 0. The average Bonchev–Trinajstić information content (AvgIpc) is 2.71. The highest BCUT2D eigenvalue weighted by molar-refractivity contribution is 5.89. The van der Waals surface area contributed by atoms with Gasteiger partial charge in [-0.15, -0.1) is 15.6 Å². The fourth-order valence-corrected chi connectivity index (χ4v) is 1.38. The van der Waals surface area contributed by atoms with E-state index >= 15 is 0 Å². The monoisotopic (exact) mass is 227 g/mol. The van der Waals surface area contributed by atoms with Gasteiger partial charge in [0, 0.05) is 6.07 Å². The molecule has 1 aliphatic rings.